The molecule has 2 aromatic carbocycles. The highest BCUT2D eigenvalue weighted by atomic mass is 19.4. The van der Waals surface area contributed by atoms with Gasteiger partial charge < -0.3 is 25.3 Å². The number of hydrogen-bond acceptors (Lipinski definition) is 7. The van der Waals surface area contributed by atoms with Crippen LogP contribution in [0.4, 0.5) is 24.7 Å². The van der Waals surface area contributed by atoms with Crippen molar-refractivity contribution >= 4 is 22.4 Å². The van der Waals surface area contributed by atoms with Crippen LogP contribution in [0.1, 0.15) is 36.8 Å². The van der Waals surface area contributed by atoms with E-state index in [0.717, 1.165) is 12.1 Å². The Morgan fingerprint density at radius 1 is 1.09 bits per heavy atom. The van der Waals surface area contributed by atoms with Crippen molar-refractivity contribution in [3.8, 4) is 11.5 Å². The summed E-state index contributed by atoms with van der Waals surface area (Å²) in [5.74, 6) is 2.03. The lowest BCUT2D eigenvalue weighted by atomic mass is 10.0. The molecule has 0 amide bonds. The zero-order valence-electron chi connectivity index (χ0n) is 18.5. The van der Waals surface area contributed by atoms with Gasteiger partial charge in [0.25, 0.3) is 0 Å². The second-order valence-electron chi connectivity index (χ2n) is 8.04. The van der Waals surface area contributed by atoms with Crippen LogP contribution in [0, 0.1) is 6.92 Å². The summed E-state index contributed by atoms with van der Waals surface area (Å²) in [6.45, 7) is 6.62. The number of nitrogens with one attached hydrogen (secondary N) is 1. The molecule has 1 aromatic heterocycles. The van der Waals surface area contributed by atoms with Crippen molar-refractivity contribution in [2.24, 2.45) is 0 Å². The Morgan fingerprint density at radius 3 is 2.64 bits per heavy atom. The topological polar surface area (TPSA) is 91.5 Å². The van der Waals surface area contributed by atoms with Gasteiger partial charge in [-0.2, -0.15) is 13.2 Å². The predicted octanol–water partition coefficient (Wildman–Crippen LogP) is 4.89. The number of rotatable bonds is 3. The molecule has 176 valence electrons. The molecular formula is C23H25F3N4O3. The molecule has 0 fully saturated rings. The van der Waals surface area contributed by atoms with Crippen molar-refractivity contribution in [2.45, 2.75) is 39.1 Å². The molecule has 1 unspecified atom stereocenters. The summed E-state index contributed by atoms with van der Waals surface area (Å²) in [5.41, 5.74) is 5.99. The maximum absolute atomic E-state index is 13.3. The molecule has 33 heavy (non-hydrogen) atoms. The van der Waals surface area contributed by atoms with Crippen LogP contribution in [-0.4, -0.2) is 35.9 Å². The summed E-state index contributed by atoms with van der Waals surface area (Å²) in [5, 5.41) is 3.87. The highest BCUT2D eigenvalue weighted by Crippen LogP contribution is 2.37. The summed E-state index contributed by atoms with van der Waals surface area (Å²) in [7, 11) is 0. The Hall–Kier alpha value is -3.27. The fraction of sp³-hybridized carbons (Fsp3) is 0.391. The van der Waals surface area contributed by atoms with E-state index in [1.807, 2.05) is 6.92 Å². The summed E-state index contributed by atoms with van der Waals surface area (Å²) in [4.78, 5) is 8.99. The Labute approximate surface area is 189 Å². The lowest BCUT2D eigenvalue weighted by molar-refractivity contribution is -0.137. The largest absolute Gasteiger partial charge is 0.487 e. The van der Waals surface area contributed by atoms with Crippen LogP contribution in [-0.2, 0) is 10.9 Å². The quantitative estimate of drug-likeness (QED) is 0.536. The average molecular weight is 462 g/mol. The SMILES string of the molecule is Cc1nc(NC(C)c2cc(N)cc(C(F)(F)F)c2)c2cc3c(cc2n1)OCCOC[C@@H](C)O3. The maximum Gasteiger partial charge on any atom is 0.416 e. The van der Waals surface area contributed by atoms with E-state index in [9.17, 15) is 13.2 Å². The Kier molecular flexibility index (Phi) is 6.20. The van der Waals surface area contributed by atoms with Crippen LogP contribution in [0.5, 0.6) is 11.5 Å². The van der Waals surface area contributed by atoms with Crippen LogP contribution in [0.15, 0.2) is 30.3 Å². The van der Waals surface area contributed by atoms with Gasteiger partial charge in [-0.3, -0.25) is 0 Å². The minimum absolute atomic E-state index is 0.0383. The molecule has 7 nitrogen and oxygen atoms in total. The highest BCUT2D eigenvalue weighted by Gasteiger charge is 2.31. The summed E-state index contributed by atoms with van der Waals surface area (Å²) in [6.07, 6.45) is -4.69. The number of aromatic nitrogens is 2. The lowest BCUT2D eigenvalue weighted by Crippen LogP contribution is -2.19. The Morgan fingerprint density at radius 2 is 1.88 bits per heavy atom. The van der Waals surface area contributed by atoms with Gasteiger partial charge in [-0.25, -0.2) is 9.97 Å². The summed E-state index contributed by atoms with van der Waals surface area (Å²) in [6, 6.07) is 6.56. The molecule has 0 bridgehead atoms. The number of alkyl halides is 3. The normalized spacial score (nSPS) is 17.7. The van der Waals surface area contributed by atoms with Gasteiger partial charge in [-0.05, 0) is 50.6 Å². The Bertz CT molecular complexity index is 1170. The number of aryl methyl sites for hydroxylation is 1. The molecule has 2 atom stereocenters. The number of nitrogens with zero attached hydrogens (tertiary/aromatic N) is 2. The minimum Gasteiger partial charge on any atom is -0.487 e. The molecule has 3 aromatic rings. The number of nitrogens with two attached hydrogens (primary N) is 1. The highest BCUT2D eigenvalue weighted by molar-refractivity contribution is 5.92. The van der Waals surface area contributed by atoms with Gasteiger partial charge in [0, 0.05) is 17.1 Å². The van der Waals surface area contributed by atoms with Crippen LogP contribution < -0.4 is 20.5 Å². The van der Waals surface area contributed by atoms with E-state index < -0.39 is 17.8 Å². The summed E-state index contributed by atoms with van der Waals surface area (Å²) >= 11 is 0. The van der Waals surface area contributed by atoms with Crippen molar-refractivity contribution in [3.63, 3.8) is 0 Å². The van der Waals surface area contributed by atoms with Crippen LogP contribution in [0.2, 0.25) is 0 Å². The molecule has 0 spiro atoms. The van der Waals surface area contributed by atoms with E-state index in [1.54, 1.807) is 26.0 Å². The van der Waals surface area contributed by atoms with Gasteiger partial charge in [0.05, 0.1) is 30.3 Å². The number of nitrogen functional groups attached to an aromatic ring is 1. The minimum atomic E-state index is -4.49. The van der Waals surface area contributed by atoms with Crippen molar-refractivity contribution < 1.29 is 27.4 Å². The second kappa shape index (κ2) is 8.93. The van der Waals surface area contributed by atoms with Gasteiger partial charge in [0.2, 0.25) is 0 Å². The van der Waals surface area contributed by atoms with Gasteiger partial charge >= 0.3 is 6.18 Å². The van der Waals surface area contributed by atoms with E-state index >= 15 is 0 Å². The van der Waals surface area contributed by atoms with E-state index in [1.165, 1.54) is 6.07 Å². The molecule has 10 heteroatoms. The number of fused-ring (bicyclic) bond motifs is 2. The first-order chi connectivity index (χ1) is 15.6. The van der Waals surface area contributed by atoms with Crippen molar-refractivity contribution in [3.05, 3.63) is 47.3 Å². The molecular weight excluding hydrogens is 437 g/mol. The zero-order valence-corrected chi connectivity index (χ0v) is 18.5. The van der Waals surface area contributed by atoms with Crippen LogP contribution in [0.25, 0.3) is 10.9 Å². The monoisotopic (exact) mass is 462 g/mol. The maximum atomic E-state index is 13.3. The molecule has 1 aliphatic heterocycles. The van der Waals surface area contributed by atoms with E-state index in [0.29, 0.717) is 59.4 Å². The standard InChI is InChI=1S/C23H25F3N4O3/c1-12-11-31-4-5-32-20-10-19-18(9-21(20)33-12)22(30-14(3)29-19)28-13(2)15-6-16(23(24,25)26)8-17(27)7-15/h6-10,12-13H,4-5,11,27H2,1-3H3,(H,28,29,30)/t12-,13?/m1/s1. The molecule has 3 N–H and O–H groups in total. The predicted molar refractivity (Wildman–Crippen MR) is 119 cm³/mol. The first kappa shape index (κ1) is 22.9. The first-order valence-corrected chi connectivity index (χ1v) is 10.5. The molecule has 0 radical (unpaired) electrons. The van der Waals surface area contributed by atoms with Gasteiger partial charge in [-0.1, -0.05) is 0 Å². The summed E-state index contributed by atoms with van der Waals surface area (Å²) < 4.78 is 57.1. The Balaban J connectivity index is 1.73. The third kappa shape index (κ3) is 5.22. The van der Waals surface area contributed by atoms with Gasteiger partial charge in [0.15, 0.2) is 11.5 Å². The van der Waals surface area contributed by atoms with Crippen molar-refractivity contribution in [2.75, 3.05) is 30.9 Å². The number of benzene rings is 2. The van der Waals surface area contributed by atoms with Crippen molar-refractivity contribution in [1.82, 2.24) is 9.97 Å². The number of hydrogen-bond donors (Lipinski definition) is 2. The fourth-order valence-corrected chi connectivity index (χ4v) is 3.66. The zero-order chi connectivity index (χ0) is 23.8. The fourth-order valence-electron chi connectivity index (χ4n) is 3.66. The van der Waals surface area contributed by atoms with E-state index in [2.05, 4.69) is 15.3 Å². The van der Waals surface area contributed by atoms with E-state index in [-0.39, 0.29) is 11.8 Å². The average Bonchev–Trinajstić information content (AvgIpc) is 2.81. The number of halogens is 3. The molecule has 1 aliphatic rings. The van der Waals surface area contributed by atoms with Gasteiger partial charge in [-0.15, -0.1) is 0 Å². The lowest BCUT2D eigenvalue weighted by Gasteiger charge is -2.20. The number of ether oxygens (including phenoxy) is 3. The first-order valence-electron chi connectivity index (χ1n) is 10.5. The van der Waals surface area contributed by atoms with Crippen LogP contribution in [0.3, 0.4) is 0 Å². The third-order valence-corrected chi connectivity index (χ3v) is 5.20. The smallest absolute Gasteiger partial charge is 0.416 e. The van der Waals surface area contributed by atoms with Crippen LogP contribution >= 0.6 is 0 Å². The molecule has 0 aliphatic carbocycles. The molecule has 4 rings (SSSR count). The molecule has 0 saturated carbocycles. The third-order valence-electron chi connectivity index (χ3n) is 5.20. The molecule has 0 saturated heterocycles. The van der Waals surface area contributed by atoms with Gasteiger partial charge in [0.1, 0.15) is 24.4 Å². The molecule has 2 heterocycles. The second-order valence-corrected chi connectivity index (χ2v) is 8.04. The van der Waals surface area contributed by atoms with E-state index in [4.69, 9.17) is 19.9 Å². The van der Waals surface area contributed by atoms with Crippen molar-refractivity contribution in [1.29, 1.82) is 0 Å². The number of anilines is 2.